The summed E-state index contributed by atoms with van der Waals surface area (Å²) in [7, 11) is 1.77. The summed E-state index contributed by atoms with van der Waals surface area (Å²) in [6.07, 6.45) is 3.26. The number of hydrogen-bond acceptors (Lipinski definition) is 5. The summed E-state index contributed by atoms with van der Waals surface area (Å²) in [5, 5.41) is 4.05. The third-order valence-electron chi connectivity index (χ3n) is 2.32. The van der Waals surface area contributed by atoms with Gasteiger partial charge in [0.15, 0.2) is 0 Å². The molecular formula is C9H13N5O. The predicted octanol–water partition coefficient (Wildman–Crippen LogP) is 0.148. The molecule has 1 atom stereocenters. The van der Waals surface area contributed by atoms with Crippen LogP contribution in [0.25, 0.3) is 0 Å². The van der Waals surface area contributed by atoms with E-state index in [4.69, 9.17) is 16.0 Å². The van der Waals surface area contributed by atoms with Crippen LogP contribution >= 0.6 is 0 Å². The van der Waals surface area contributed by atoms with E-state index in [1.807, 2.05) is 6.07 Å². The standard InChI is InChI=1S/C9H13N5O/c1-14-9(10)6(5-12-14)8(13-11)7-3-2-4-15-7/h2-5,8,13H,10-11H2,1H3. The maximum Gasteiger partial charge on any atom is 0.126 e. The highest BCUT2D eigenvalue weighted by molar-refractivity contribution is 5.43. The van der Waals surface area contributed by atoms with Gasteiger partial charge in [0.05, 0.1) is 12.5 Å². The number of anilines is 1. The van der Waals surface area contributed by atoms with E-state index in [1.165, 1.54) is 0 Å². The van der Waals surface area contributed by atoms with Crippen molar-refractivity contribution in [1.82, 2.24) is 15.2 Å². The molecule has 2 aromatic rings. The molecule has 2 heterocycles. The molecule has 6 nitrogen and oxygen atoms in total. The molecule has 0 aliphatic rings. The Balaban J connectivity index is 2.40. The molecular weight excluding hydrogens is 194 g/mol. The number of nitrogen functional groups attached to an aromatic ring is 1. The van der Waals surface area contributed by atoms with Gasteiger partial charge in [-0.05, 0) is 12.1 Å². The number of aromatic nitrogens is 2. The smallest absolute Gasteiger partial charge is 0.126 e. The zero-order valence-electron chi connectivity index (χ0n) is 8.34. The predicted molar refractivity (Wildman–Crippen MR) is 55.5 cm³/mol. The Morgan fingerprint density at radius 1 is 1.60 bits per heavy atom. The van der Waals surface area contributed by atoms with E-state index in [9.17, 15) is 0 Å². The molecule has 0 amide bonds. The molecule has 6 heteroatoms. The van der Waals surface area contributed by atoms with Crippen LogP contribution in [0.4, 0.5) is 5.82 Å². The molecule has 0 spiro atoms. The van der Waals surface area contributed by atoms with Crippen molar-refractivity contribution in [3.63, 3.8) is 0 Å². The normalized spacial score (nSPS) is 12.9. The first-order valence-electron chi connectivity index (χ1n) is 4.51. The van der Waals surface area contributed by atoms with Gasteiger partial charge in [-0.2, -0.15) is 5.10 Å². The van der Waals surface area contributed by atoms with Crippen molar-refractivity contribution in [3.05, 3.63) is 35.9 Å². The number of hydrogen-bond donors (Lipinski definition) is 3. The summed E-state index contributed by atoms with van der Waals surface area (Å²) in [6.45, 7) is 0. The molecule has 0 radical (unpaired) electrons. The van der Waals surface area contributed by atoms with Gasteiger partial charge in [-0.15, -0.1) is 0 Å². The molecule has 0 saturated carbocycles. The van der Waals surface area contributed by atoms with Gasteiger partial charge in [-0.1, -0.05) is 0 Å². The van der Waals surface area contributed by atoms with Crippen LogP contribution in [0.3, 0.4) is 0 Å². The highest BCUT2D eigenvalue weighted by Crippen LogP contribution is 2.25. The highest BCUT2D eigenvalue weighted by Gasteiger charge is 2.20. The molecule has 5 N–H and O–H groups in total. The number of nitrogens with zero attached hydrogens (tertiary/aromatic N) is 2. The summed E-state index contributed by atoms with van der Waals surface area (Å²) in [4.78, 5) is 0. The lowest BCUT2D eigenvalue weighted by Crippen LogP contribution is -2.28. The van der Waals surface area contributed by atoms with Crippen LogP contribution < -0.4 is 17.0 Å². The molecule has 0 bridgehead atoms. The summed E-state index contributed by atoms with van der Waals surface area (Å²) in [5.74, 6) is 6.74. The lowest BCUT2D eigenvalue weighted by Gasteiger charge is -2.12. The second kappa shape index (κ2) is 3.76. The van der Waals surface area contributed by atoms with Crippen LogP contribution in [0.1, 0.15) is 17.4 Å². The molecule has 0 aliphatic heterocycles. The van der Waals surface area contributed by atoms with Crippen LogP contribution in [0.15, 0.2) is 29.0 Å². The fourth-order valence-electron chi connectivity index (χ4n) is 1.47. The van der Waals surface area contributed by atoms with Crippen molar-refractivity contribution < 1.29 is 4.42 Å². The van der Waals surface area contributed by atoms with Gasteiger partial charge in [-0.25, -0.2) is 5.43 Å². The quantitative estimate of drug-likeness (QED) is 0.492. The summed E-state index contributed by atoms with van der Waals surface area (Å²) in [6, 6.07) is 3.36. The number of rotatable bonds is 3. The fraction of sp³-hybridized carbons (Fsp3) is 0.222. The molecule has 0 aliphatic carbocycles. The molecule has 80 valence electrons. The zero-order valence-corrected chi connectivity index (χ0v) is 8.34. The first-order valence-corrected chi connectivity index (χ1v) is 4.51. The molecule has 0 saturated heterocycles. The van der Waals surface area contributed by atoms with Gasteiger partial charge in [0.2, 0.25) is 0 Å². The van der Waals surface area contributed by atoms with E-state index in [1.54, 1.807) is 30.3 Å². The number of hydrazine groups is 1. The monoisotopic (exact) mass is 207 g/mol. The van der Waals surface area contributed by atoms with Gasteiger partial charge in [-0.3, -0.25) is 10.5 Å². The Kier molecular flexibility index (Phi) is 2.44. The van der Waals surface area contributed by atoms with E-state index in [0.29, 0.717) is 11.6 Å². The van der Waals surface area contributed by atoms with Crippen molar-refractivity contribution in [2.75, 3.05) is 5.73 Å². The first kappa shape index (κ1) is 9.75. The first-order chi connectivity index (χ1) is 7.24. The third-order valence-corrected chi connectivity index (χ3v) is 2.32. The van der Waals surface area contributed by atoms with E-state index in [2.05, 4.69) is 10.5 Å². The van der Waals surface area contributed by atoms with Crippen LogP contribution in [0.2, 0.25) is 0 Å². The number of furan rings is 1. The maximum atomic E-state index is 5.85. The van der Waals surface area contributed by atoms with Gasteiger partial charge in [0.1, 0.15) is 17.6 Å². The van der Waals surface area contributed by atoms with Gasteiger partial charge >= 0.3 is 0 Å². The molecule has 2 rings (SSSR count). The van der Waals surface area contributed by atoms with Crippen molar-refractivity contribution >= 4 is 5.82 Å². The molecule has 0 aromatic carbocycles. The SMILES string of the molecule is Cn1ncc(C(NN)c2ccco2)c1N. The van der Waals surface area contributed by atoms with Crippen LogP contribution in [-0.4, -0.2) is 9.78 Å². The number of nitrogens with two attached hydrogens (primary N) is 2. The van der Waals surface area contributed by atoms with Gasteiger partial charge in [0.25, 0.3) is 0 Å². The number of aryl methyl sites for hydroxylation is 1. The maximum absolute atomic E-state index is 5.85. The fourth-order valence-corrected chi connectivity index (χ4v) is 1.47. The second-order valence-corrected chi connectivity index (χ2v) is 3.22. The van der Waals surface area contributed by atoms with Gasteiger partial charge < -0.3 is 10.2 Å². The molecule has 15 heavy (non-hydrogen) atoms. The minimum atomic E-state index is -0.270. The van der Waals surface area contributed by atoms with Crippen molar-refractivity contribution in [3.8, 4) is 0 Å². The molecule has 1 unspecified atom stereocenters. The summed E-state index contributed by atoms with van der Waals surface area (Å²) < 4.78 is 6.86. The average molecular weight is 207 g/mol. The van der Waals surface area contributed by atoms with E-state index < -0.39 is 0 Å². The second-order valence-electron chi connectivity index (χ2n) is 3.22. The highest BCUT2D eigenvalue weighted by atomic mass is 16.3. The Hall–Kier alpha value is -1.79. The summed E-state index contributed by atoms with van der Waals surface area (Å²) >= 11 is 0. The van der Waals surface area contributed by atoms with Crippen molar-refractivity contribution in [2.45, 2.75) is 6.04 Å². The minimum absolute atomic E-state index is 0.270. The van der Waals surface area contributed by atoms with Crippen LogP contribution in [-0.2, 0) is 7.05 Å². The van der Waals surface area contributed by atoms with Crippen LogP contribution in [0.5, 0.6) is 0 Å². The lowest BCUT2D eigenvalue weighted by molar-refractivity contribution is 0.452. The molecule has 2 aromatic heterocycles. The largest absolute Gasteiger partial charge is 0.467 e. The van der Waals surface area contributed by atoms with E-state index in [0.717, 1.165) is 5.56 Å². The molecule has 0 fully saturated rings. The Labute approximate surface area is 86.8 Å². The Bertz CT molecular complexity index is 433. The van der Waals surface area contributed by atoms with Crippen molar-refractivity contribution in [1.29, 1.82) is 0 Å². The zero-order chi connectivity index (χ0) is 10.8. The van der Waals surface area contributed by atoms with Crippen molar-refractivity contribution in [2.24, 2.45) is 12.9 Å². The van der Waals surface area contributed by atoms with E-state index >= 15 is 0 Å². The van der Waals surface area contributed by atoms with E-state index in [-0.39, 0.29) is 6.04 Å². The summed E-state index contributed by atoms with van der Waals surface area (Å²) in [5.41, 5.74) is 9.30. The Morgan fingerprint density at radius 3 is 2.87 bits per heavy atom. The van der Waals surface area contributed by atoms with Gasteiger partial charge in [0, 0.05) is 12.6 Å². The lowest BCUT2D eigenvalue weighted by atomic mass is 10.1. The Morgan fingerprint density at radius 2 is 2.40 bits per heavy atom. The van der Waals surface area contributed by atoms with Crippen LogP contribution in [0, 0.1) is 0 Å². The average Bonchev–Trinajstić information content (AvgIpc) is 2.84. The third kappa shape index (κ3) is 1.60. The minimum Gasteiger partial charge on any atom is -0.467 e. The number of nitrogens with one attached hydrogen (secondary N) is 1. The topological polar surface area (TPSA) is 95.0 Å².